The molecule has 2 heteroatoms. The van der Waals surface area contributed by atoms with Crippen molar-refractivity contribution >= 4 is 50.6 Å². The van der Waals surface area contributed by atoms with Crippen LogP contribution in [0.5, 0.6) is 0 Å². The molecular formula is C56H39NSi. The predicted molar refractivity (Wildman–Crippen MR) is 245 cm³/mol. The van der Waals surface area contributed by atoms with E-state index in [1.807, 2.05) is 0 Å². The Morgan fingerprint density at radius 1 is 0.328 bits per heavy atom. The van der Waals surface area contributed by atoms with Crippen molar-refractivity contribution in [1.82, 2.24) is 4.57 Å². The average Bonchev–Trinajstić information content (AvgIpc) is 3.64. The third kappa shape index (κ3) is 4.64. The lowest BCUT2D eigenvalue weighted by atomic mass is 9.60. The molecule has 10 aromatic rings. The van der Waals surface area contributed by atoms with E-state index in [1.165, 1.54) is 92.7 Å². The van der Waals surface area contributed by atoms with Crippen molar-refractivity contribution < 1.29 is 0 Å². The third-order valence-corrected chi connectivity index (χ3v) is 17.9. The largest absolute Gasteiger partial charge is 0.309 e. The Bertz CT molecular complexity index is 3090. The van der Waals surface area contributed by atoms with Crippen LogP contribution in [0.3, 0.4) is 0 Å². The van der Waals surface area contributed by atoms with E-state index in [9.17, 15) is 0 Å². The maximum Gasteiger partial charge on any atom is 0.179 e. The standard InChI is InChI=1S/C56H39NSi/c1-4-19-38(20-5-1)39-21-16-26-42(37-39)58(40-22-6-2-7-23-40,41-24-8-3-9-25-41)52-36-18-32-48-53-45-29-10-11-30-46(45)56(55(48)52)54-47(53)31-17-35-51(54)57-49-33-14-12-27-43(49)44-28-13-15-34-50(44)57/h1-37,53,56H. The van der Waals surface area contributed by atoms with Crippen molar-refractivity contribution in [1.29, 1.82) is 0 Å². The van der Waals surface area contributed by atoms with Crippen LogP contribution in [0.15, 0.2) is 224 Å². The molecule has 3 aliphatic rings. The summed E-state index contributed by atoms with van der Waals surface area (Å²) in [5.74, 6) is 0.156. The molecule has 9 aromatic carbocycles. The Kier molecular flexibility index (Phi) is 7.45. The molecule has 0 radical (unpaired) electrons. The van der Waals surface area contributed by atoms with Gasteiger partial charge in [0.25, 0.3) is 0 Å². The van der Waals surface area contributed by atoms with Gasteiger partial charge in [-0.05, 0) is 83.5 Å². The fourth-order valence-corrected chi connectivity index (χ4v) is 16.0. The quantitative estimate of drug-likeness (QED) is 0.118. The minimum absolute atomic E-state index is 0.0372. The van der Waals surface area contributed by atoms with Crippen molar-refractivity contribution in [2.45, 2.75) is 11.8 Å². The molecule has 1 aromatic heterocycles. The molecule has 0 saturated carbocycles. The number of aromatic nitrogens is 1. The van der Waals surface area contributed by atoms with Crippen molar-refractivity contribution in [2.24, 2.45) is 0 Å². The number of hydrogen-bond donors (Lipinski definition) is 0. The zero-order chi connectivity index (χ0) is 38.2. The van der Waals surface area contributed by atoms with Gasteiger partial charge in [-0.15, -0.1) is 0 Å². The highest BCUT2D eigenvalue weighted by Gasteiger charge is 2.50. The highest BCUT2D eigenvalue weighted by Crippen LogP contribution is 2.57. The number of rotatable bonds is 6. The number of fused-ring (bicyclic) bond motifs is 3. The zero-order valence-corrected chi connectivity index (χ0v) is 33.0. The molecule has 1 nitrogen and oxygen atoms in total. The van der Waals surface area contributed by atoms with E-state index in [0.717, 1.165) is 0 Å². The topological polar surface area (TPSA) is 4.93 Å². The molecule has 2 atom stereocenters. The van der Waals surface area contributed by atoms with Gasteiger partial charge in [0.15, 0.2) is 8.07 Å². The summed E-state index contributed by atoms with van der Waals surface area (Å²) in [5.41, 5.74) is 14.9. The normalized spacial score (nSPS) is 15.2. The van der Waals surface area contributed by atoms with E-state index < -0.39 is 8.07 Å². The van der Waals surface area contributed by atoms with Gasteiger partial charge in [-0.1, -0.05) is 206 Å². The summed E-state index contributed by atoms with van der Waals surface area (Å²) in [6.07, 6.45) is 0. The van der Waals surface area contributed by atoms with Gasteiger partial charge in [0.1, 0.15) is 0 Å². The Labute approximate surface area is 340 Å². The molecule has 0 aliphatic heterocycles. The van der Waals surface area contributed by atoms with Crippen LogP contribution in [0, 0.1) is 0 Å². The minimum atomic E-state index is -3.00. The lowest BCUT2D eigenvalue weighted by Gasteiger charge is -2.47. The van der Waals surface area contributed by atoms with Gasteiger partial charge in [-0.2, -0.15) is 0 Å². The maximum atomic E-state index is 2.55. The lowest BCUT2D eigenvalue weighted by Crippen LogP contribution is -2.75. The number of nitrogens with zero attached hydrogens (tertiary/aromatic N) is 1. The molecule has 0 fully saturated rings. The van der Waals surface area contributed by atoms with Crippen LogP contribution in [0.4, 0.5) is 0 Å². The molecule has 0 saturated heterocycles. The summed E-state index contributed by atoms with van der Waals surface area (Å²) in [6, 6.07) is 84.9. The van der Waals surface area contributed by atoms with Crippen LogP contribution in [-0.2, 0) is 0 Å². The van der Waals surface area contributed by atoms with E-state index >= 15 is 0 Å². The van der Waals surface area contributed by atoms with E-state index in [0.29, 0.717) is 0 Å². The van der Waals surface area contributed by atoms with Crippen LogP contribution >= 0.6 is 0 Å². The first-order valence-electron chi connectivity index (χ1n) is 20.4. The van der Waals surface area contributed by atoms with Crippen LogP contribution in [0.1, 0.15) is 45.2 Å². The van der Waals surface area contributed by atoms with E-state index in [1.54, 1.807) is 0 Å². The van der Waals surface area contributed by atoms with Crippen LogP contribution < -0.4 is 20.7 Å². The Balaban J connectivity index is 1.21. The predicted octanol–water partition coefficient (Wildman–Crippen LogP) is 10.8. The van der Waals surface area contributed by atoms with Gasteiger partial charge in [-0.25, -0.2) is 0 Å². The van der Waals surface area contributed by atoms with Crippen LogP contribution in [-0.4, -0.2) is 12.6 Å². The highest BCUT2D eigenvalue weighted by atomic mass is 28.3. The molecule has 0 amide bonds. The fourth-order valence-electron chi connectivity index (χ4n) is 10.9. The summed E-state index contributed by atoms with van der Waals surface area (Å²) < 4.78 is 2.55. The maximum absolute atomic E-state index is 3.00. The molecule has 1 heterocycles. The molecule has 13 rings (SSSR count). The molecule has 272 valence electrons. The molecule has 0 spiro atoms. The average molecular weight is 754 g/mol. The van der Waals surface area contributed by atoms with Gasteiger partial charge >= 0.3 is 0 Å². The van der Waals surface area contributed by atoms with Gasteiger partial charge in [0, 0.05) is 22.6 Å². The summed E-state index contributed by atoms with van der Waals surface area (Å²) in [4.78, 5) is 0. The first-order valence-corrected chi connectivity index (χ1v) is 22.4. The summed E-state index contributed by atoms with van der Waals surface area (Å²) in [5, 5.41) is 8.23. The van der Waals surface area contributed by atoms with Gasteiger partial charge in [0.05, 0.1) is 16.7 Å². The molecule has 2 unspecified atom stereocenters. The Morgan fingerprint density at radius 2 is 0.793 bits per heavy atom. The first kappa shape index (κ1) is 33.2. The molecule has 0 N–H and O–H groups in total. The van der Waals surface area contributed by atoms with E-state index in [4.69, 9.17) is 0 Å². The highest BCUT2D eigenvalue weighted by molar-refractivity contribution is 7.20. The second-order valence-electron chi connectivity index (χ2n) is 15.9. The van der Waals surface area contributed by atoms with Gasteiger partial charge in [0.2, 0.25) is 0 Å². The Morgan fingerprint density at radius 3 is 1.45 bits per heavy atom. The molecule has 2 bridgehead atoms. The second kappa shape index (κ2) is 13.0. The molecule has 3 aliphatic carbocycles. The number of benzene rings is 9. The van der Waals surface area contributed by atoms with Crippen LogP contribution in [0.25, 0.3) is 38.6 Å². The molecular weight excluding hydrogens is 715 g/mol. The van der Waals surface area contributed by atoms with Crippen molar-refractivity contribution in [3.05, 3.63) is 258 Å². The third-order valence-electron chi connectivity index (χ3n) is 13.1. The smallest absolute Gasteiger partial charge is 0.179 e. The van der Waals surface area contributed by atoms with Crippen molar-refractivity contribution in [2.75, 3.05) is 0 Å². The fraction of sp³-hybridized carbons (Fsp3) is 0.0357. The number of hydrogen-bond acceptors (Lipinski definition) is 0. The molecule has 58 heavy (non-hydrogen) atoms. The second-order valence-corrected chi connectivity index (χ2v) is 19.7. The van der Waals surface area contributed by atoms with Crippen molar-refractivity contribution in [3.63, 3.8) is 0 Å². The first-order chi connectivity index (χ1) is 28.8. The van der Waals surface area contributed by atoms with Gasteiger partial charge in [-0.3, -0.25) is 0 Å². The van der Waals surface area contributed by atoms with E-state index in [-0.39, 0.29) is 11.8 Å². The minimum Gasteiger partial charge on any atom is -0.309 e. The summed E-state index contributed by atoms with van der Waals surface area (Å²) >= 11 is 0. The monoisotopic (exact) mass is 753 g/mol. The lowest BCUT2D eigenvalue weighted by molar-refractivity contribution is 0.752. The zero-order valence-electron chi connectivity index (χ0n) is 32.0. The van der Waals surface area contributed by atoms with Crippen LogP contribution in [0.2, 0.25) is 0 Å². The summed E-state index contributed by atoms with van der Waals surface area (Å²) in [7, 11) is -3.00. The van der Waals surface area contributed by atoms with Crippen molar-refractivity contribution in [3.8, 4) is 16.8 Å². The Hall–Kier alpha value is -7.00. The summed E-state index contributed by atoms with van der Waals surface area (Å²) in [6.45, 7) is 0. The van der Waals surface area contributed by atoms with E-state index in [2.05, 4.69) is 229 Å². The van der Waals surface area contributed by atoms with Gasteiger partial charge < -0.3 is 4.57 Å². The SMILES string of the molecule is c1ccc(-c2cccc([Si](c3ccccc3)(c3ccccc3)c3cccc4c3C3c5ccccc5C4c4cccc(-n5c6ccccc6c6ccccc65)c43)c2)cc1. The number of para-hydroxylation sites is 2.